The van der Waals surface area contributed by atoms with Crippen molar-refractivity contribution in [3.63, 3.8) is 0 Å². The fourth-order valence-electron chi connectivity index (χ4n) is 1.18. The minimum atomic E-state index is -0.483. The largest absolute Gasteiger partial charge is 0.395 e. The monoisotopic (exact) mass is 275 g/mol. The molecule has 0 bridgehead atoms. The molecule has 1 amide bonds. The van der Waals surface area contributed by atoms with Gasteiger partial charge in [-0.3, -0.25) is 4.79 Å². The minimum absolute atomic E-state index is 0.0635. The Morgan fingerprint density at radius 2 is 2.00 bits per heavy atom. The summed E-state index contributed by atoms with van der Waals surface area (Å²) in [6.07, 6.45) is 1.96. The Balaban J connectivity index is 4.51. The average molecular weight is 276 g/mol. The molecular formula is C11H18ClN3O3. The molecule has 0 heterocycles. The van der Waals surface area contributed by atoms with E-state index in [0.717, 1.165) is 0 Å². The number of aliphatic hydroxyl groups excluding tert-OH is 2. The summed E-state index contributed by atoms with van der Waals surface area (Å²) in [7, 11) is 0. The molecule has 6 nitrogen and oxygen atoms in total. The molecule has 0 aliphatic heterocycles. The van der Waals surface area contributed by atoms with Crippen LogP contribution in [0.15, 0.2) is 11.8 Å². The van der Waals surface area contributed by atoms with Gasteiger partial charge in [-0.2, -0.15) is 5.26 Å². The second-order valence-corrected chi connectivity index (χ2v) is 3.81. The van der Waals surface area contributed by atoms with E-state index < -0.39 is 5.91 Å². The maximum absolute atomic E-state index is 11.6. The van der Waals surface area contributed by atoms with Crippen LogP contribution in [0.25, 0.3) is 0 Å². The molecule has 0 saturated carbocycles. The van der Waals surface area contributed by atoms with Crippen molar-refractivity contribution in [3.05, 3.63) is 11.8 Å². The van der Waals surface area contributed by atoms with E-state index in [1.165, 1.54) is 11.1 Å². The van der Waals surface area contributed by atoms with Crippen molar-refractivity contribution >= 4 is 17.5 Å². The van der Waals surface area contributed by atoms with Crippen LogP contribution in [0.1, 0.15) is 6.42 Å². The summed E-state index contributed by atoms with van der Waals surface area (Å²) in [6.45, 7) is 0.662. The Morgan fingerprint density at radius 3 is 2.44 bits per heavy atom. The maximum atomic E-state index is 11.6. The molecule has 0 rings (SSSR count). The van der Waals surface area contributed by atoms with E-state index in [1.807, 2.05) is 0 Å². The summed E-state index contributed by atoms with van der Waals surface area (Å²) >= 11 is 5.47. The predicted octanol–water partition coefficient (Wildman–Crippen LogP) is -0.574. The molecule has 0 spiro atoms. The van der Waals surface area contributed by atoms with Crippen molar-refractivity contribution < 1.29 is 15.0 Å². The van der Waals surface area contributed by atoms with Crippen LogP contribution in [-0.2, 0) is 4.79 Å². The summed E-state index contributed by atoms with van der Waals surface area (Å²) in [5.41, 5.74) is -0.0635. The highest BCUT2D eigenvalue weighted by atomic mass is 35.5. The number of hydrogen-bond donors (Lipinski definition) is 3. The van der Waals surface area contributed by atoms with Gasteiger partial charge in [0.15, 0.2) is 0 Å². The van der Waals surface area contributed by atoms with Gasteiger partial charge in [-0.05, 0) is 6.42 Å². The molecule has 0 aromatic carbocycles. The van der Waals surface area contributed by atoms with Gasteiger partial charge in [0.25, 0.3) is 5.91 Å². The van der Waals surface area contributed by atoms with Gasteiger partial charge in [-0.1, -0.05) is 0 Å². The number of amides is 1. The van der Waals surface area contributed by atoms with Crippen molar-refractivity contribution in [3.8, 4) is 6.07 Å². The predicted molar refractivity (Wildman–Crippen MR) is 67.8 cm³/mol. The van der Waals surface area contributed by atoms with Gasteiger partial charge in [0.2, 0.25) is 0 Å². The second kappa shape index (κ2) is 10.8. The zero-order valence-electron chi connectivity index (χ0n) is 10.1. The second-order valence-electron chi connectivity index (χ2n) is 3.44. The fourth-order valence-corrected chi connectivity index (χ4v) is 1.32. The lowest BCUT2D eigenvalue weighted by molar-refractivity contribution is -0.117. The Hall–Kier alpha value is -1.29. The van der Waals surface area contributed by atoms with E-state index in [9.17, 15) is 4.79 Å². The molecule has 3 N–H and O–H groups in total. The van der Waals surface area contributed by atoms with Crippen molar-refractivity contribution in [1.82, 2.24) is 10.2 Å². The summed E-state index contributed by atoms with van der Waals surface area (Å²) in [4.78, 5) is 13.1. The van der Waals surface area contributed by atoms with Crippen LogP contribution in [0.2, 0.25) is 0 Å². The molecule has 0 aliphatic carbocycles. The van der Waals surface area contributed by atoms with Gasteiger partial charge in [-0.15, -0.1) is 11.6 Å². The number of rotatable bonds is 9. The maximum Gasteiger partial charge on any atom is 0.263 e. The first-order valence-corrected chi connectivity index (χ1v) is 6.14. The van der Waals surface area contributed by atoms with Crippen LogP contribution in [-0.4, -0.2) is 59.7 Å². The number of carbonyl (C=O) groups excluding carboxylic acids is 1. The van der Waals surface area contributed by atoms with E-state index in [4.69, 9.17) is 27.1 Å². The molecule has 0 atom stereocenters. The smallest absolute Gasteiger partial charge is 0.263 e. The van der Waals surface area contributed by atoms with Crippen LogP contribution in [0, 0.1) is 11.3 Å². The third kappa shape index (κ3) is 7.12. The number of alkyl halides is 1. The number of hydrogen-bond acceptors (Lipinski definition) is 5. The standard InChI is InChI=1S/C11H18ClN3O3/c12-2-1-3-14-11(18)10(8-13)9-15(4-6-16)5-7-17/h9,16-17H,1-7H2,(H,14,18)/b10-9-. The molecule has 0 radical (unpaired) electrons. The molecular weight excluding hydrogens is 258 g/mol. The van der Waals surface area contributed by atoms with E-state index in [0.29, 0.717) is 18.8 Å². The van der Waals surface area contributed by atoms with Gasteiger partial charge >= 0.3 is 0 Å². The van der Waals surface area contributed by atoms with E-state index >= 15 is 0 Å². The van der Waals surface area contributed by atoms with Crippen LogP contribution >= 0.6 is 11.6 Å². The van der Waals surface area contributed by atoms with Crippen molar-refractivity contribution in [2.75, 3.05) is 38.7 Å². The highest BCUT2D eigenvalue weighted by Crippen LogP contribution is 1.98. The molecule has 0 fully saturated rings. The molecule has 0 unspecified atom stereocenters. The fraction of sp³-hybridized carbons (Fsp3) is 0.636. The average Bonchev–Trinajstić information content (AvgIpc) is 2.36. The third-order valence-electron chi connectivity index (χ3n) is 2.05. The van der Waals surface area contributed by atoms with Crippen molar-refractivity contribution in [2.45, 2.75) is 6.42 Å². The molecule has 0 aromatic rings. The van der Waals surface area contributed by atoms with Gasteiger partial charge in [-0.25, -0.2) is 0 Å². The number of halogens is 1. The van der Waals surface area contributed by atoms with Crippen LogP contribution < -0.4 is 5.32 Å². The SMILES string of the molecule is N#C/C(=C/N(CCO)CCO)C(=O)NCCCCl. The molecule has 7 heteroatoms. The van der Waals surface area contributed by atoms with E-state index in [-0.39, 0.29) is 31.9 Å². The highest BCUT2D eigenvalue weighted by Gasteiger charge is 2.10. The van der Waals surface area contributed by atoms with E-state index in [2.05, 4.69) is 5.32 Å². The number of aliphatic hydroxyl groups is 2. The van der Waals surface area contributed by atoms with Crippen molar-refractivity contribution in [1.29, 1.82) is 5.26 Å². The number of nitriles is 1. The minimum Gasteiger partial charge on any atom is -0.395 e. The zero-order valence-corrected chi connectivity index (χ0v) is 10.9. The summed E-state index contributed by atoms with van der Waals surface area (Å²) in [6, 6.07) is 1.79. The molecule has 0 saturated heterocycles. The van der Waals surface area contributed by atoms with Crippen LogP contribution in [0.4, 0.5) is 0 Å². The Bertz CT molecular complexity index is 309. The first-order chi connectivity index (χ1) is 8.69. The van der Waals surface area contributed by atoms with Gasteiger partial charge in [0, 0.05) is 31.7 Å². The lowest BCUT2D eigenvalue weighted by Gasteiger charge is -2.18. The summed E-state index contributed by atoms with van der Waals surface area (Å²) < 4.78 is 0. The molecule has 18 heavy (non-hydrogen) atoms. The summed E-state index contributed by atoms with van der Waals surface area (Å²) in [5.74, 6) is -0.0453. The highest BCUT2D eigenvalue weighted by molar-refractivity contribution is 6.17. The zero-order chi connectivity index (χ0) is 13.8. The number of nitrogens with zero attached hydrogens (tertiary/aromatic N) is 2. The molecule has 0 aromatic heterocycles. The van der Waals surface area contributed by atoms with Crippen molar-refractivity contribution in [2.24, 2.45) is 0 Å². The summed E-state index contributed by atoms with van der Waals surface area (Å²) in [5, 5.41) is 29.1. The molecule has 102 valence electrons. The van der Waals surface area contributed by atoms with Gasteiger partial charge in [0.1, 0.15) is 11.6 Å². The van der Waals surface area contributed by atoms with Crippen LogP contribution in [0.3, 0.4) is 0 Å². The van der Waals surface area contributed by atoms with E-state index in [1.54, 1.807) is 6.07 Å². The number of nitrogens with one attached hydrogen (secondary N) is 1. The number of carbonyl (C=O) groups is 1. The first kappa shape index (κ1) is 16.7. The normalized spacial score (nSPS) is 10.9. The topological polar surface area (TPSA) is 96.6 Å². The Morgan fingerprint density at radius 1 is 1.39 bits per heavy atom. The quantitative estimate of drug-likeness (QED) is 0.227. The first-order valence-electron chi connectivity index (χ1n) is 5.61. The van der Waals surface area contributed by atoms with Crippen LogP contribution in [0.5, 0.6) is 0 Å². The molecule has 0 aliphatic rings. The Kier molecular flexibility index (Phi) is 10.1. The lowest BCUT2D eigenvalue weighted by atomic mass is 10.2. The Labute approximate surface area is 111 Å². The van der Waals surface area contributed by atoms with Gasteiger partial charge < -0.3 is 20.4 Å². The van der Waals surface area contributed by atoms with Gasteiger partial charge in [0.05, 0.1) is 13.2 Å². The third-order valence-corrected chi connectivity index (χ3v) is 2.31. The lowest BCUT2D eigenvalue weighted by Crippen LogP contribution is -2.30.